The number of ether oxygens (including phenoxy) is 2. The summed E-state index contributed by atoms with van der Waals surface area (Å²) in [5.41, 5.74) is 0.424. The summed E-state index contributed by atoms with van der Waals surface area (Å²) in [7, 11) is 0. The summed E-state index contributed by atoms with van der Waals surface area (Å²) in [6.07, 6.45) is 0.809. The second-order valence-electron chi connectivity index (χ2n) is 6.31. The summed E-state index contributed by atoms with van der Waals surface area (Å²) < 4.78 is 15.9. The van der Waals surface area contributed by atoms with Crippen molar-refractivity contribution in [3.05, 3.63) is 52.9 Å². The van der Waals surface area contributed by atoms with Gasteiger partial charge in [-0.1, -0.05) is 12.1 Å². The average Bonchev–Trinajstić information content (AvgIpc) is 2.69. The molecule has 8 heteroatoms. The first kappa shape index (κ1) is 17.9. The Morgan fingerprint density at radius 2 is 1.79 bits per heavy atom. The highest BCUT2D eigenvalue weighted by molar-refractivity contribution is 5.88. The molecule has 1 aliphatic heterocycles. The van der Waals surface area contributed by atoms with E-state index in [1.54, 1.807) is 29.2 Å². The van der Waals surface area contributed by atoms with Crippen molar-refractivity contribution in [2.24, 2.45) is 0 Å². The number of phenolic OH excluding ortho intramolecular Hbond substituents is 2. The van der Waals surface area contributed by atoms with Crippen molar-refractivity contribution >= 4 is 17.1 Å². The molecular weight excluding hydrogens is 366 g/mol. The molecule has 1 aromatic heterocycles. The van der Waals surface area contributed by atoms with E-state index in [0.717, 1.165) is 6.07 Å². The molecule has 2 heterocycles. The molecule has 1 aliphatic rings. The number of aromatic hydroxyl groups is 2. The van der Waals surface area contributed by atoms with E-state index in [1.165, 1.54) is 12.3 Å². The van der Waals surface area contributed by atoms with Crippen LogP contribution in [0.4, 0.5) is 4.79 Å². The molecule has 0 spiro atoms. The van der Waals surface area contributed by atoms with Gasteiger partial charge in [-0.05, 0) is 17.7 Å². The van der Waals surface area contributed by atoms with Crippen molar-refractivity contribution in [3.8, 4) is 28.4 Å². The number of rotatable bonds is 2. The minimum absolute atomic E-state index is 0.0156. The van der Waals surface area contributed by atoms with Crippen molar-refractivity contribution in [2.45, 2.75) is 0 Å². The van der Waals surface area contributed by atoms with Gasteiger partial charge in [-0.3, -0.25) is 4.79 Å². The molecule has 0 atom stereocenters. The number of nitrogens with zero attached hydrogens (tertiary/aromatic N) is 1. The molecule has 1 saturated heterocycles. The van der Waals surface area contributed by atoms with E-state index in [4.69, 9.17) is 13.9 Å². The van der Waals surface area contributed by atoms with Crippen molar-refractivity contribution in [2.75, 3.05) is 26.3 Å². The highest BCUT2D eigenvalue weighted by Crippen LogP contribution is 2.30. The van der Waals surface area contributed by atoms with E-state index >= 15 is 0 Å². The Bertz CT molecular complexity index is 1080. The van der Waals surface area contributed by atoms with Gasteiger partial charge < -0.3 is 29.0 Å². The lowest BCUT2D eigenvalue weighted by Gasteiger charge is -2.25. The van der Waals surface area contributed by atoms with Crippen LogP contribution >= 0.6 is 0 Å². The Balaban J connectivity index is 1.59. The fraction of sp³-hybridized carbons (Fsp3) is 0.200. The Morgan fingerprint density at radius 1 is 1.07 bits per heavy atom. The number of hydrogen-bond donors (Lipinski definition) is 2. The molecule has 4 rings (SSSR count). The van der Waals surface area contributed by atoms with Crippen molar-refractivity contribution < 1.29 is 28.9 Å². The Kier molecular flexibility index (Phi) is 4.62. The lowest BCUT2D eigenvalue weighted by atomic mass is 10.0. The maximum Gasteiger partial charge on any atom is 0.415 e. The third-order valence-corrected chi connectivity index (χ3v) is 4.48. The molecule has 0 aliphatic carbocycles. The third-order valence-electron chi connectivity index (χ3n) is 4.48. The highest BCUT2D eigenvalue weighted by atomic mass is 16.6. The topological polar surface area (TPSA) is 109 Å². The van der Waals surface area contributed by atoms with Crippen LogP contribution in [0.5, 0.6) is 17.2 Å². The Morgan fingerprint density at radius 3 is 2.50 bits per heavy atom. The number of morpholine rings is 1. The lowest BCUT2D eigenvalue weighted by molar-refractivity contribution is 0.0416. The molecule has 2 N–H and O–H groups in total. The standard InChI is InChI=1S/C20H17NO7/c22-13-9-16(23)18-17(10-13)27-11-15(19(18)24)12-1-3-14(4-2-12)28-20(25)21-5-7-26-8-6-21/h1-4,9-11,22-23H,5-8H2. The second kappa shape index (κ2) is 7.24. The van der Waals surface area contributed by atoms with Crippen molar-refractivity contribution in [1.82, 2.24) is 4.90 Å². The summed E-state index contributed by atoms with van der Waals surface area (Å²) >= 11 is 0. The minimum Gasteiger partial charge on any atom is -0.508 e. The van der Waals surface area contributed by atoms with Crippen LogP contribution in [-0.4, -0.2) is 47.5 Å². The van der Waals surface area contributed by atoms with Gasteiger partial charge in [-0.2, -0.15) is 0 Å². The van der Waals surface area contributed by atoms with Crippen LogP contribution in [0.2, 0.25) is 0 Å². The monoisotopic (exact) mass is 383 g/mol. The SMILES string of the molecule is O=C(Oc1ccc(-c2coc3cc(O)cc(O)c3c2=O)cc1)N1CCOCC1. The third kappa shape index (κ3) is 3.37. The number of carbonyl (C=O) groups is 1. The number of hydrogen-bond acceptors (Lipinski definition) is 7. The van der Waals surface area contributed by atoms with Gasteiger partial charge >= 0.3 is 6.09 Å². The van der Waals surface area contributed by atoms with E-state index in [9.17, 15) is 19.8 Å². The van der Waals surface area contributed by atoms with Gasteiger partial charge in [0, 0.05) is 25.2 Å². The van der Waals surface area contributed by atoms with Crippen LogP contribution in [0.25, 0.3) is 22.1 Å². The predicted octanol–water partition coefficient (Wildman–Crippen LogP) is 2.70. The van der Waals surface area contributed by atoms with Gasteiger partial charge in [0.15, 0.2) is 0 Å². The molecule has 8 nitrogen and oxygen atoms in total. The second-order valence-corrected chi connectivity index (χ2v) is 6.31. The predicted molar refractivity (Wildman–Crippen MR) is 99.7 cm³/mol. The number of phenols is 2. The quantitative estimate of drug-likeness (QED) is 0.700. The molecule has 144 valence electrons. The van der Waals surface area contributed by atoms with Crippen molar-refractivity contribution in [3.63, 3.8) is 0 Å². The Labute approximate surface area is 159 Å². The van der Waals surface area contributed by atoms with Crippen molar-refractivity contribution in [1.29, 1.82) is 0 Å². The van der Waals surface area contributed by atoms with Crippen LogP contribution in [0.3, 0.4) is 0 Å². The normalized spacial score (nSPS) is 14.2. The number of fused-ring (bicyclic) bond motifs is 1. The van der Waals surface area contributed by atoms with Gasteiger partial charge in [-0.15, -0.1) is 0 Å². The van der Waals surface area contributed by atoms with Crippen LogP contribution in [-0.2, 0) is 4.74 Å². The molecule has 0 saturated carbocycles. The highest BCUT2D eigenvalue weighted by Gasteiger charge is 2.19. The molecule has 2 aromatic carbocycles. The number of carbonyl (C=O) groups excluding carboxylic acids is 1. The van der Waals surface area contributed by atoms with Crippen LogP contribution in [0.1, 0.15) is 0 Å². The van der Waals surface area contributed by atoms with E-state index < -0.39 is 11.5 Å². The van der Waals surface area contributed by atoms with Gasteiger partial charge in [0.25, 0.3) is 0 Å². The molecule has 0 unspecified atom stereocenters. The first-order chi connectivity index (χ1) is 13.5. The fourth-order valence-electron chi connectivity index (χ4n) is 3.03. The zero-order valence-electron chi connectivity index (χ0n) is 14.8. The molecule has 3 aromatic rings. The van der Waals surface area contributed by atoms with Gasteiger partial charge in [0.1, 0.15) is 34.5 Å². The Hall–Kier alpha value is -3.52. The summed E-state index contributed by atoms with van der Waals surface area (Å²) in [6.45, 7) is 1.93. The largest absolute Gasteiger partial charge is 0.508 e. The van der Waals surface area contributed by atoms with E-state index in [1.807, 2.05) is 0 Å². The minimum atomic E-state index is -0.453. The molecule has 1 fully saturated rings. The van der Waals surface area contributed by atoms with Gasteiger partial charge in [-0.25, -0.2) is 4.79 Å². The molecule has 0 radical (unpaired) electrons. The number of amides is 1. The first-order valence-electron chi connectivity index (χ1n) is 8.65. The molecule has 1 amide bonds. The van der Waals surface area contributed by atoms with E-state index in [0.29, 0.717) is 37.6 Å². The van der Waals surface area contributed by atoms with Crippen LogP contribution < -0.4 is 10.2 Å². The molecule has 0 bridgehead atoms. The summed E-state index contributed by atoms with van der Waals surface area (Å²) in [6, 6.07) is 8.74. The summed E-state index contributed by atoms with van der Waals surface area (Å²) in [5, 5.41) is 19.5. The van der Waals surface area contributed by atoms with Gasteiger partial charge in [0.2, 0.25) is 5.43 Å². The first-order valence-corrected chi connectivity index (χ1v) is 8.65. The summed E-state index contributed by atoms with van der Waals surface area (Å²) in [5.74, 6) is -0.216. The zero-order chi connectivity index (χ0) is 19.7. The van der Waals surface area contributed by atoms with E-state index in [-0.39, 0.29) is 28.0 Å². The fourth-order valence-corrected chi connectivity index (χ4v) is 3.03. The summed E-state index contributed by atoms with van der Waals surface area (Å²) in [4.78, 5) is 26.4. The van der Waals surface area contributed by atoms with Crippen LogP contribution in [0.15, 0.2) is 51.9 Å². The van der Waals surface area contributed by atoms with E-state index in [2.05, 4.69) is 0 Å². The van der Waals surface area contributed by atoms with Gasteiger partial charge in [0.05, 0.1) is 18.8 Å². The lowest BCUT2D eigenvalue weighted by Crippen LogP contribution is -2.42. The zero-order valence-corrected chi connectivity index (χ0v) is 14.8. The average molecular weight is 383 g/mol. The molecular formula is C20H17NO7. The smallest absolute Gasteiger partial charge is 0.415 e. The van der Waals surface area contributed by atoms with Crippen LogP contribution in [0, 0.1) is 0 Å². The number of benzene rings is 2. The molecule has 28 heavy (non-hydrogen) atoms. The maximum atomic E-state index is 12.7. The maximum absolute atomic E-state index is 12.7.